The van der Waals surface area contributed by atoms with Gasteiger partial charge in [0.15, 0.2) is 5.78 Å². The van der Waals surface area contributed by atoms with Gasteiger partial charge < -0.3 is 0 Å². The molecule has 2 aliphatic carbocycles. The standard InChI is InChI=1S/C26H22Cl2N2O4/c1-2-20(23(31)14-6-4-3-5-7-14)29(24(32)18-11-10-17(27)13-19(18)28)30-25(33)21-15-8-9-16(12-15)22(21)26(30)34/h3-11,13,15-16,20-22H,2,12H2,1H3/t15-,16-,20-,21-,22+/m0/s1. The first-order valence-electron chi connectivity index (χ1n) is 11.3. The molecule has 0 radical (unpaired) electrons. The zero-order valence-electron chi connectivity index (χ0n) is 18.4. The number of hydrogen-bond donors (Lipinski definition) is 0. The SMILES string of the molecule is CC[C@@H](C(=O)c1ccccc1)N(C(=O)c1ccc(Cl)cc1Cl)N1C(=O)[C@@H]2[C@H](C1=O)[C@H]1C=C[C@H]2C1. The monoisotopic (exact) mass is 496 g/mol. The van der Waals surface area contributed by atoms with E-state index in [1.807, 2.05) is 12.2 Å². The maximum atomic E-state index is 13.9. The first kappa shape index (κ1) is 22.8. The van der Waals surface area contributed by atoms with E-state index in [-0.39, 0.29) is 34.6 Å². The number of Topliss-reactive ketones (excluding diaryl/α,β-unsaturated/α-hetero) is 1. The predicted octanol–water partition coefficient (Wildman–Crippen LogP) is 4.82. The lowest BCUT2D eigenvalue weighted by Crippen LogP contribution is -2.57. The van der Waals surface area contributed by atoms with Gasteiger partial charge >= 0.3 is 0 Å². The summed E-state index contributed by atoms with van der Waals surface area (Å²) in [6.45, 7) is 1.74. The van der Waals surface area contributed by atoms with Gasteiger partial charge in [0.1, 0.15) is 6.04 Å². The Balaban J connectivity index is 1.60. The average Bonchev–Trinajstić information content (AvgIpc) is 3.51. The molecule has 1 saturated heterocycles. The maximum absolute atomic E-state index is 13.9. The molecule has 2 bridgehead atoms. The molecule has 174 valence electrons. The van der Waals surface area contributed by atoms with Crippen LogP contribution in [0, 0.1) is 23.7 Å². The van der Waals surface area contributed by atoms with Crippen LogP contribution in [0.1, 0.15) is 40.5 Å². The number of ketones is 1. The Bertz CT molecular complexity index is 1200. The summed E-state index contributed by atoms with van der Waals surface area (Å²) in [4.78, 5) is 54.6. The summed E-state index contributed by atoms with van der Waals surface area (Å²) >= 11 is 12.3. The third-order valence-electron chi connectivity index (χ3n) is 7.08. The minimum absolute atomic E-state index is 0.0302. The van der Waals surface area contributed by atoms with Crippen LogP contribution in [0.3, 0.4) is 0 Å². The minimum atomic E-state index is -1.07. The van der Waals surface area contributed by atoms with Gasteiger partial charge in [0.25, 0.3) is 17.7 Å². The summed E-state index contributed by atoms with van der Waals surface area (Å²) in [6, 6.07) is 11.8. The summed E-state index contributed by atoms with van der Waals surface area (Å²) in [5, 5.41) is 2.37. The molecular weight excluding hydrogens is 475 g/mol. The molecule has 1 saturated carbocycles. The molecule has 34 heavy (non-hydrogen) atoms. The third kappa shape index (κ3) is 3.48. The highest BCUT2D eigenvalue weighted by Crippen LogP contribution is 2.53. The first-order valence-corrected chi connectivity index (χ1v) is 12.0. The van der Waals surface area contributed by atoms with Crippen molar-refractivity contribution < 1.29 is 19.2 Å². The minimum Gasteiger partial charge on any atom is -0.292 e. The summed E-state index contributed by atoms with van der Waals surface area (Å²) in [7, 11) is 0. The number of carbonyl (C=O) groups is 4. The van der Waals surface area contributed by atoms with Crippen molar-refractivity contribution in [3.63, 3.8) is 0 Å². The van der Waals surface area contributed by atoms with Crippen molar-refractivity contribution in [2.45, 2.75) is 25.8 Å². The zero-order chi connectivity index (χ0) is 24.1. The van der Waals surface area contributed by atoms with Gasteiger partial charge in [-0.3, -0.25) is 19.2 Å². The van der Waals surface area contributed by atoms with Crippen LogP contribution in [0.2, 0.25) is 10.0 Å². The number of hydrogen-bond acceptors (Lipinski definition) is 4. The normalized spacial score (nSPS) is 25.6. The number of hydrazine groups is 1. The highest BCUT2D eigenvalue weighted by Gasteiger charge is 2.62. The summed E-state index contributed by atoms with van der Waals surface area (Å²) < 4.78 is 0. The van der Waals surface area contributed by atoms with Gasteiger partial charge in [-0.1, -0.05) is 72.6 Å². The van der Waals surface area contributed by atoms with E-state index in [1.165, 1.54) is 18.2 Å². The highest BCUT2D eigenvalue weighted by molar-refractivity contribution is 6.36. The van der Waals surface area contributed by atoms with Gasteiger partial charge in [0.05, 0.1) is 22.4 Å². The molecule has 2 aromatic carbocycles. The number of amides is 3. The van der Waals surface area contributed by atoms with Crippen LogP contribution in [0.25, 0.3) is 0 Å². The molecule has 6 nitrogen and oxygen atoms in total. The summed E-state index contributed by atoms with van der Waals surface area (Å²) in [5.74, 6) is -3.02. The van der Waals surface area contributed by atoms with E-state index in [4.69, 9.17) is 23.2 Å². The molecular formula is C26H22Cl2N2O4. The van der Waals surface area contributed by atoms with Crippen LogP contribution >= 0.6 is 23.2 Å². The van der Waals surface area contributed by atoms with Crippen molar-refractivity contribution in [1.82, 2.24) is 10.0 Å². The summed E-state index contributed by atoms with van der Waals surface area (Å²) in [5.41, 5.74) is 0.444. The molecule has 1 aliphatic heterocycles. The first-order chi connectivity index (χ1) is 16.3. The average molecular weight is 497 g/mol. The molecule has 2 fully saturated rings. The zero-order valence-corrected chi connectivity index (χ0v) is 19.9. The van der Waals surface area contributed by atoms with Crippen LogP contribution < -0.4 is 0 Å². The topological polar surface area (TPSA) is 74.8 Å². The molecule has 0 aromatic heterocycles. The summed E-state index contributed by atoms with van der Waals surface area (Å²) in [6.07, 6.45) is 4.92. The fourth-order valence-electron chi connectivity index (χ4n) is 5.52. The van der Waals surface area contributed by atoms with Gasteiger partial charge in [0.2, 0.25) is 0 Å². The lowest BCUT2D eigenvalue weighted by molar-refractivity contribution is -0.157. The molecule has 5 atom stereocenters. The molecule has 1 heterocycles. The van der Waals surface area contributed by atoms with Crippen molar-refractivity contribution in [3.05, 3.63) is 81.9 Å². The molecule has 2 aromatic rings. The lowest BCUT2D eigenvalue weighted by Gasteiger charge is -2.36. The van der Waals surface area contributed by atoms with Gasteiger partial charge in [-0.05, 0) is 42.9 Å². The van der Waals surface area contributed by atoms with Crippen LogP contribution in [-0.4, -0.2) is 39.6 Å². The third-order valence-corrected chi connectivity index (χ3v) is 7.62. The Morgan fingerprint density at radius 2 is 1.62 bits per heavy atom. The largest absolute Gasteiger partial charge is 0.292 e. The van der Waals surface area contributed by atoms with E-state index in [0.717, 1.165) is 16.4 Å². The van der Waals surface area contributed by atoms with E-state index in [2.05, 4.69) is 0 Å². The molecule has 0 unspecified atom stereocenters. The Kier molecular flexibility index (Phi) is 5.82. The Morgan fingerprint density at radius 1 is 1.00 bits per heavy atom. The van der Waals surface area contributed by atoms with Crippen molar-refractivity contribution in [1.29, 1.82) is 0 Å². The molecule has 8 heteroatoms. The van der Waals surface area contributed by atoms with Crippen molar-refractivity contribution in [2.24, 2.45) is 23.7 Å². The fourth-order valence-corrected chi connectivity index (χ4v) is 6.01. The van der Waals surface area contributed by atoms with E-state index in [9.17, 15) is 19.2 Å². The Labute approximate surface area is 207 Å². The number of nitrogens with zero attached hydrogens (tertiary/aromatic N) is 2. The van der Waals surface area contributed by atoms with Gasteiger partial charge in [-0.25, -0.2) is 5.01 Å². The number of allylic oxidation sites excluding steroid dienone is 2. The molecule has 3 aliphatic rings. The van der Waals surface area contributed by atoms with Crippen LogP contribution in [-0.2, 0) is 9.59 Å². The van der Waals surface area contributed by atoms with Gasteiger partial charge in [0, 0.05) is 10.6 Å². The Hall–Kier alpha value is -2.96. The quantitative estimate of drug-likeness (QED) is 0.326. The number of carbonyl (C=O) groups excluding carboxylic acids is 4. The van der Waals surface area contributed by atoms with Crippen molar-refractivity contribution in [3.8, 4) is 0 Å². The van der Waals surface area contributed by atoms with E-state index in [1.54, 1.807) is 37.3 Å². The lowest BCUT2D eigenvalue weighted by atomic mass is 9.85. The van der Waals surface area contributed by atoms with Gasteiger partial charge in [-0.2, -0.15) is 5.01 Å². The van der Waals surface area contributed by atoms with E-state index in [0.29, 0.717) is 10.6 Å². The molecule has 3 amide bonds. The number of halogens is 2. The van der Waals surface area contributed by atoms with Crippen molar-refractivity contribution in [2.75, 3.05) is 0 Å². The number of benzene rings is 2. The second-order valence-corrected chi connectivity index (χ2v) is 9.76. The number of fused-ring (bicyclic) bond motifs is 5. The van der Waals surface area contributed by atoms with E-state index < -0.39 is 35.6 Å². The van der Waals surface area contributed by atoms with Gasteiger partial charge in [-0.15, -0.1) is 0 Å². The Morgan fingerprint density at radius 3 is 2.18 bits per heavy atom. The predicted molar refractivity (Wildman–Crippen MR) is 127 cm³/mol. The second-order valence-electron chi connectivity index (χ2n) is 8.92. The van der Waals surface area contributed by atoms with Crippen LogP contribution in [0.15, 0.2) is 60.7 Å². The van der Waals surface area contributed by atoms with Crippen LogP contribution in [0.5, 0.6) is 0 Å². The maximum Gasteiger partial charge on any atom is 0.275 e. The second kappa shape index (κ2) is 8.67. The highest BCUT2D eigenvalue weighted by atomic mass is 35.5. The number of imide groups is 1. The van der Waals surface area contributed by atoms with Crippen molar-refractivity contribution >= 4 is 46.7 Å². The molecule has 0 N–H and O–H groups in total. The van der Waals surface area contributed by atoms with Crippen LogP contribution in [0.4, 0.5) is 0 Å². The number of rotatable bonds is 6. The van der Waals surface area contributed by atoms with E-state index >= 15 is 0 Å². The molecule has 0 spiro atoms. The molecule has 5 rings (SSSR count). The smallest absolute Gasteiger partial charge is 0.275 e. The fraction of sp³-hybridized carbons (Fsp3) is 0.308.